The summed E-state index contributed by atoms with van der Waals surface area (Å²) in [5.74, 6) is -0.199. The highest BCUT2D eigenvalue weighted by molar-refractivity contribution is 7.13. The van der Waals surface area contributed by atoms with E-state index in [0.717, 1.165) is 23.4 Å². The molecule has 6 nitrogen and oxygen atoms in total. The number of nitrogens with zero attached hydrogens (tertiary/aromatic N) is 3. The number of amides is 1. The smallest absolute Gasteiger partial charge is 0.280 e. The van der Waals surface area contributed by atoms with Crippen LogP contribution in [0.2, 0.25) is 0 Å². The molecule has 1 aliphatic heterocycles. The maximum Gasteiger partial charge on any atom is 0.280 e. The van der Waals surface area contributed by atoms with E-state index in [1.165, 1.54) is 22.5 Å². The number of fused-ring (bicyclic) bond motifs is 4. The largest absolute Gasteiger partial charge is 0.386 e. The van der Waals surface area contributed by atoms with Crippen molar-refractivity contribution in [3.8, 4) is 11.3 Å². The molecule has 7 heteroatoms. The third-order valence-electron chi connectivity index (χ3n) is 5.47. The second-order valence-corrected chi connectivity index (χ2v) is 7.86. The van der Waals surface area contributed by atoms with Crippen LogP contribution in [0.3, 0.4) is 0 Å². The second-order valence-electron chi connectivity index (χ2n) is 6.77. The Morgan fingerprint density at radius 1 is 1.38 bits per heavy atom. The summed E-state index contributed by atoms with van der Waals surface area (Å²) in [6.45, 7) is 0. The van der Waals surface area contributed by atoms with E-state index >= 15 is 0 Å². The topological polar surface area (TPSA) is 80.0 Å². The van der Waals surface area contributed by atoms with Gasteiger partial charge in [0.05, 0.1) is 30.0 Å². The van der Waals surface area contributed by atoms with Gasteiger partial charge in [0.25, 0.3) is 5.91 Å². The minimum Gasteiger partial charge on any atom is -0.386 e. The van der Waals surface area contributed by atoms with Gasteiger partial charge in [-0.15, -0.1) is 11.3 Å². The lowest BCUT2D eigenvalue weighted by atomic mass is 9.80. The summed E-state index contributed by atoms with van der Waals surface area (Å²) in [6.07, 6.45) is 4.71. The lowest BCUT2D eigenvalue weighted by Gasteiger charge is -2.33. The number of carbonyl (C=O) groups is 1. The summed E-state index contributed by atoms with van der Waals surface area (Å²) < 4.78 is 2.16. The molecular formula is C19H18N4O2S. The third kappa shape index (κ3) is 2.10. The Balaban J connectivity index is 1.56. The molecule has 0 saturated heterocycles. The minimum atomic E-state index is -0.695. The van der Waals surface area contributed by atoms with Gasteiger partial charge in [-0.25, -0.2) is 9.97 Å². The Bertz CT molecular complexity index is 1010. The fourth-order valence-electron chi connectivity index (χ4n) is 4.28. The van der Waals surface area contributed by atoms with Crippen LogP contribution in [-0.2, 0) is 6.42 Å². The van der Waals surface area contributed by atoms with Crippen molar-refractivity contribution >= 4 is 17.2 Å². The van der Waals surface area contributed by atoms with Crippen LogP contribution in [-0.4, -0.2) is 32.6 Å². The SMILES string of the molecule is CNC(=O)c1nc2c(s1)CCC(C1c3ccccc3-c3cncn31)C2O. The van der Waals surface area contributed by atoms with Gasteiger partial charge in [0, 0.05) is 23.4 Å². The maximum atomic E-state index is 11.9. The van der Waals surface area contributed by atoms with Gasteiger partial charge in [-0.2, -0.15) is 0 Å². The van der Waals surface area contributed by atoms with Crippen molar-refractivity contribution in [2.24, 2.45) is 5.92 Å². The molecule has 3 aromatic rings. The van der Waals surface area contributed by atoms with Gasteiger partial charge < -0.3 is 15.0 Å². The molecule has 0 spiro atoms. The van der Waals surface area contributed by atoms with Gasteiger partial charge in [0.1, 0.15) is 6.10 Å². The van der Waals surface area contributed by atoms with Crippen molar-refractivity contribution in [3.05, 3.63) is 57.9 Å². The molecule has 0 bridgehead atoms. The summed E-state index contributed by atoms with van der Waals surface area (Å²) in [5, 5.41) is 14.1. The summed E-state index contributed by atoms with van der Waals surface area (Å²) in [7, 11) is 1.60. The quantitative estimate of drug-likeness (QED) is 0.730. The van der Waals surface area contributed by atoms with Gasteiger partial charge in [-0.3, -0.25) is 4.79 Å². The van der Waals surface area contributed by atoms with E-state index in [0.29, 0.717) is 10.7 Å². The Morgan fingerprint density at radius 2 is 2.23 bits per heavy atom. The molecule has 1 aliphatic carbocycles. The predicted octanol–water partition coefficient (Wildman–Crippen LogP) is 2.57. The molecule has 1 aromatic carbocycles. The van der Waals surface area contributed by atoms with Crippen molar-refractivity contribution in [1.29, 1.82) is 0 Å². The van der Waals surface area contributed by atoms with Crippen LogP contribution in [0.25, 0.3) is 11.3 Å². The van der Waals surface area contributed by atoms with Crippen LogP contribution in [0.1, 0.15) is 44.5 Å². The number of aliphatic hydroxyl groups excluding tert-OH is 1. The standard InChI is InChI=1S/C19H18N4O2S/c1-20-18(25)19-22-15-14(26-19)7-6-12(17(15)24)16-11-5-3-2-4-10(11)13-8-21-9-23(13)16/h2-5,8-9,12,16-17,24H,6-7H2,1H3,(H,20,25). The first kappa shape index (κ1) is 15.7. The zero-order valence-corrected chi connectivity index (χ0v) is 15.0. The molecule has 132 valence electrons. The Hall–Kier alpha value is -2.51. The molecule has 2 aromatic heterocycles. The van der Waals surface area contributed by atoms with Gasteiger partial charge in [-0.05, 0) is 18.4 Å². The molecule has 1 amide bonds. The lowest BCUT2D eigenvalue weighted by molar-refractivity contribution is 0.0690. The number of aromatic nitrogens is 3. The van der Waals surface area contributed by atoms with E-state index in [2.05, 4.69) is 32.0 Å². The number of thiazole rings is 1. The number of hydrogen-bond donors (Lipinski definition) is 2. The molecule has 5 rings (SSSR count). The molecule has 2 N–H and O–H groups in total. The van der Waals surface area contributed by atoms with Gasteiger partial charge >= 0.3 is 0 Å². The van der Waals surface area contributed by atoms with Crippen LogP contribution >= 0.6 is 11.3 Å². The highest BCUT2D eigenvalue weighted by Crippen LogP contribution is 2.50. The molecule has 0 fully saturated rings. The number of carbonyl (C=O) groups excluding carboxylic acids is 1. The number of imidazole rings is 1. The summed E-state index contributed by atoms with van der Waals surface area (Å²) in [4.78, 5) is 21.7. The van der Waals surface area contributed by atoms with Crippen molar-refractivity contribution in [2.75, 3.05) is 7.05 Å². The van der Waals surface area contributed by atoms with E-state index in [1.807, 2.05) is 24.7 Å². The normalized spacial score (nSPS) is 23.2. The zero-order valence-electron chi connectivity index (χ0n) is 14.2. The fraction of sp³-hybridized carbons (Fsp3) is 0.316. The average Bonchev–Trinajstić information content (AvgIpc) is 3.36. The summed E-state index contributed by atoms with van der Waals surface area (Å²) in [6, 6.07) is 8.35. The van der Waals surface area contributed by atoms with E-state index in [4.69, 9.17) is 0 Å². The van der Waals surface area contributed by atoms with Crippen molar-refractivity contribution in [3.63, 3.8) is 0 Å². The maximum absolute atomic E-state index is 11.9. The highest BCUT2D eigenvalue weighted by Gasteiger charge is 2.42. The number of aryl methyl sites for hydroxylation is 1. The number of rotatable bonds is 2. The first-order chi connectivity index (χ1) is 12.7. The molecular weight excluding hydrogens is 348 g/mol. The molecule has 3 heterocycles. The summed E-state index contributed by atoms with van der Waals surface area (Å²) in [5.41, 5.74) is 4.15. The first-order valence-corrected chi connectivity index (χ1v) is 9.51. The van der Waals surface area contributed by atoms with Crippen LogP contribution in [0.15, 0.2) is 36.8 Å². The number of aliphatic hydroxyl groups is 1. The zero-order chi connectivity index (χ0) is 17.8. The van der Waals surface area contributed by atoms with Crippen LogP contribution in [0.4, 0.5) is 0 Å². The van der Waals surface area contributed by atoms with Crippen LogP contribution in [0, 0.1) is 5.92 Å². The van der Waals surface area contributed by atoms with Crippen LogP contribution < -0.4 is 5.32 Å². The van der Waals surface area contributed by atoms with Crippen molar-refractivity contribution in [1.82, 2.24) is 19.9 Å². The van der Waals surface area contributed by atoms with E-state index < -0.39 is 6.10 Å². The van der Waals surface area contributed by atoms with Crippen molar-refractivity contribution in [2.45, 2.75) is 25.0 Å². The number of hydrogen-bond acceptors (Lipinski definition) is 5. The van der Waals surface area contributed by atoms with E-state index in [1.54, 1.807) is 7.05 Å². The van der Waals surface area contributed by atoms with Crippen LogP contribution in [0.5, 0.6) is 0 Å². The van der Waals surface area contributed by atoms with Gasteiger partial charge in [-0.1, -0.05) is 24.3 Å². The average molecular weight is 366 g/mol. The third-order valence-corrected chi connectivity index (χ3v) is 6.60. The molecule has 26 heavy (non-hydrogen) atoms. The van der Waals surface area contributed by atoms with E-state index in [-0.39, 0.29) is 17.9 Å². The molecule has 0 radical (unpaired) electrons. The minimum absolute atomic E-state index is 0.00117. The first-order valence-electron chi connectivity index (χ1n) is 8.70. The molecule has 2 aliphatic rings. The highest BCUT2D eigenvalue weighted by atomic mass is 32.1. The predicted molar refractivity (Wildman–Crippen MR) is 98.1 cm³/mol. The van der Waals surface area contributed by atoms with E-state index in [9.17, 15) is 9.90 Å². The number of benzene rings is 1. The fourth-order valence-corrected chi connectivity index (χ4v) is 5.34. The molecule has 0 saturated carbocycles. The molecule has 3 unspecified atom stereocenters. The Labute approximate surface area is 154 Å². The monoisotopic (exact) mass is 366 g/mol. The Kier molecular flexibility index (Phi) is 3.48. The molecule has 3 atom stereocenters. The van der Waals surface area contributed by atoms with Crippen molar-refractivity contribution < 1.29 is 9.90 Å². The summed E-state index contributed by atoms with van der Waals surface area (Å²) >= 11 is 1.39. The lowest BCUT2D eigenvalue weighted by Crippen LogP contribution is -2.28. The van der Waals surface area contributed by atoms with Gasteiger partial charge in [0.2, 0.25) is 0 Å². The second kappa shape index (κ2) is 5.75. The number of nitrogens with one attached hydrogen (secondary N) is 1. The van der Waals surface area contributed by atoms with Gasteiger partial charge in [0.15, 0.2) is 5.01 Å². The Morgan fingerprint density at radius 3 is 3.08 bits per heavy atom.